The van der Waals surface area contributed by atoms with Crippen LogP contribution in [0.1, 0.15) is 27.5 Å². The molecule has 0 radical (unpaired) electrons. The second-order valence-corrected chi connectivity index (χ2v) is 6.32. The maximum absolute atomic E-state index is 14.4. The zero-order valence-electron chi connectivity index (χ0n) is 14.7. The molecule has 2 aromatic rings. The van der Waals surface area contributed by atoms with Crippen molar-refractivity contribution in [3.63, 3.8) is 0 Å². The van der Waals surface area contributed by atoms with Gasteiger partial charge in [0.25, 0.3) is 5.91 Å². The molecule has 1 atom stereocenters. The van der Waals surface area contributed by atoms with Gasteiger partial charge in [-0.3, -0.25) is 4.79 Å². The third-order valence-electron chi connectivity index (χ3n) is 4.45. The Hall–Kier alpha value is -3.13. The first-order chi connectivity index (χ1) is 13.0. The fourth-order valence-corrected chi connectivity index (χ4v) is 3.02. The number of piperazine rings is 1. The number of hydrogen-bond donors (Lipinski definition) is 3. The van der Waals surface area contributed by atoms with Crippen molar-refractivity contribution in [1.82, 2.24) is 10.2 Å². The number of primary amides is 1. The van der Waals surface area contributed by atoms with E-state index < -0.39 is 23.9 Å². The van der Waals surface area contributed by atoms with Crippen LogP contribution in [0.5, 0.6) is 0 Å². The molecule has 1 saturated heterocycles. The molecule has 1 aliphatic rings. The molecule has 1 unspecified atom stereocenters. The Labute approximate surface area is 156 Å². The van der Waals surface area contributed by atoms with E-state index in [1.54, 1.807) is 0 Å². The summed E-state index contributed by atoms with van der Waals surface area (Å²) in [6, 6.07) is 11.3. The summed E-state index contributed by atoms with van der Waals surface area (Å²) in [7, 11) is 0. The lowest BCUT2D eigenvalue weighted by Gasteiger charge is -2.33. The number of carbonyl (C=O) groups is 2. The smallest absolute Gasteiger partial charge is 0.410 e. The van der Waals surface area contributed by atoms with Crippen molar-refractivity contribution in [2.24, 2.45) is 5.73 Å². The van der Waals surface area contributed by atoms with E-state index in [4.69, 9.17) is 16.2 Å². The highest BCUT2D eigenvalue weighted by Crippen LogP contribution is 2.25. The lowest BCUT2D eigenvalue weighted by Crippen LogP contribution is -2.48. The van der Waals surface area contributed by atoms with Crippen LogP contribution < -0.4 is 16.8 Å². The number of halogens is 1. The Morgan fingerprint density at radius 1 is 1.26 bits per heavy atom. The van der Waals surface area contributed by atoms with Gasteiger partial charge in [-0.25, -0.2) is 9.18 Å². The van der Waals surface area contributed by atoms with Crippen LogP contribution in [-0.2, 0) is 11.3 Å². The van der Waals surface area contributed by atoms with Gasteiger partial charge >= 0.3 is 6.09 Å². The molecule has 1 aliphatic heterocycles. The van der Waals surface area contributed by atoms with E-state index >= 15 is 0 Å². The van der Waals surface area contributed by atoms with Crippen molar-refractivity contribution in [2.75, 3.05) is 25.4 Å². The van der Waals surface area contributed by atoms with E-state index in [1.807, 2.05) is 30.3 Å². The summed E-state index contributed by atoms with van der Waals surface area (Å²) in [4.78, 5) is 25.3. The molecule has 142 valence electrons. The standard InChI is InChI=1S/C19H21FN4O3/c20-15-9-16(21)14(18(22)25)8-13(15)17-10-24(7-6-23-17)19(26)27-11-12-4-2-1-3-5-12/h1-5,8-9,17,23H,6-7,10-11,21H2,(H2,22,25). The Morgan fingerprint density at radius 2 is 2.00 bits per heavy atom. The SMILES string of the molecule is NC(=O)c1cc(C2CN(C(=O)OCc3ccccc3)CCN2)c(F)cc1N. The van der Waals surface area contributed by atoms with E-state index in [0.717, 1.165) is 11.6 Å². The van der Waals surface area contributed by atoms with E-state index in [2.05, 4.69) is 5.32 Å². The van der Waals surface area contributed by atoms with Gasteiger partial charge in [0.2, 0.25) is 0 Å². The number of carbonyl (C=O) groups excluding carboxylic acids is 2. The molecule has 2 amide bonds. The summed E-state index contributed by atoms with van der Waals surface area (Å²) in [6.45, 7) is 1.26. The van der Waals surface area contributed by atoms with Gasteiger partial charge < -0.3 is 26.4 Å². The third kappa shape index (κ3) is 4.35. The highest BCUT2D eigenvalue weighted by molar-refractivity contribution is 5.98. The van der Waals surface area contributed by atoms with Gasteiger partial charge in [0.15, 0.2) is 0 Å². The molecule has 1 fully saturated rings. The third-order valence-corrected chi connectivity index (χ3v) is 4.45. The van der Waals surface area contributed by atoms with Crippen LogP contribution in [0.3, 0.4) is 0 Å². The number of hydrogen-bond acceptors (Lipinski definition) is 5. The number of nitrogens with zero attached hydrogens (tertiary/aromatic N) is 1. The molecule has 2 aromatic carbocycles. The highest BCUT2D eigenvalue weighted by atomic mass is 19.1. The summed E-state index contributed by atoms with van der Waals surface area (Å²) >= 11 is 0. The lowest BCUT2D eigenvalue weighted by atomic mass is 9.99. The number of benzene rings is 2. The lowest BCUT2D eigenvalue weighted by molar-refractivity contribution is 0.0845. The van der Waals surface area contributed by atoms with Gasteiger partial charge in [-0.2, -0.15) is 0 Å². The second kappa shape index (κ2) is 8.05. The summed E-state index contributed by atoms with van der Waals surface area (Å²) in [5.74, 6) is -1.29. The summed E-state index contributed by atoms with van der Waals surface area (Å²) in [5, 5.41) is 3.14. The van der Waals surface area contributed by atoms with E-state index in [9.17, 15) is 14.0 Å². The summed E-state index contributed by atoms with van der Waals surface area (Å²) < 4.78 is 19.7. The quantitative estimate of drug-likeness (QED) is 0.709. The first-order valence-electron chi connectivity index (χ1n) is 8.53. The molecule has 0 aliphatic carbocycles. The molecule has 0 saturated carbocycles. The minimum Gasteiger partial charge on any atom is -0.445 e. The van der Waals surface area contributed by atoms with Gasteiger partial charge in [-0.15, -0.1) is 0 Å². The van der Waals surface area contributed by atoms with Crippen molar-refractivity contribution in [1.29, 1.82) is 0 Å². The fourth-order valence-electron chi connectivity index (χ4n) is 3.02. The van der Waals surface area contributed by atoms with E-state index in [0.29, 0.717) is 13.1 Å². The van der Waals surface area contributed by atoms with Crippen molar-refractivity contribution < 1.29 is 18.7 Å². The second-order valence-electron chi connectivity index (χ2n) is 6.32. The minimum atomic E-state index is -0.733. The van der Waals surface area contributed by atoms with Gasteiger partial charge in [0, 0.05) is 30.9 Å². The van der Waals surface area contributed by atoms with Crippen LogP contribution >= 0.6 is 0 Å². The molecule has 5 N–H and O–H groups in total. The van der Waals surface area contributed by atoms with Crippen LogP contribution in [0.15, 0.2) is 42.5 Å². The van der Waals surface area contributed by atoms with Crippen LogP contribution in [-0.4, -0.2) is 36.5 Å². The first-order valence-corrected chi connectivity index (χ1v) is 8.53. The van der Waals surface area contributed by atoms with Crippen molar-refractivity contribution in [3.8, 4) is 0 Å². The molecule has 3 rings (SSSR count). The normalized spacial score (nSPS) is 16.8. The Kier molecular flexibility index (Phi) is 5.56. The van der Waals surface area contributed by atoms with Crippen LogP contribution in [0.4, 0.5) is 14.9 Å². The number of rotatable bonds is 4. The van der Waals surface area contributed by atoms with Crippen LogP contribution in [0.25, 0.3) is 0 Å². The number of nitrogens with two attached hydrogens (primary N) is 2. The van der Waals surface area contributed by atoms with Crippen molar-refractivity contribution >= 4 is 17.7 Å². The zero-order valence-corrected chi connectivity index (χ0v) is 14.7. The summed E-state index contributed by atoms with van der Waals surface area (Å²) in [6.07, 6.45) is -0.476. The molecular weight excluding hydrogens is 351 g/mol. The van der Waals surface area contributed by atoms with Crippen molar-refractivity contribution in [2.45, 2.75) is 12.6 Å². The molecule has 7 nitrogen and oxygen atoms in total. The average Bonchev–Trinajstić information content (AvgIpc) is 2.67. The topological polar surface area (TPSA) is 111 Å². The Morgan fingerprint density at radius 3 is 2.70 bits per heavy atom. The predicted molar refractivity (Wildman–Crippen MR) is 98.3 cm³/mol. The van der Waals surface area contributed by atoms with Crippen LogP contribution in [0, 0.1) is 5.82 Å². The van der Waals surface area contributed by atoms with Gasteiger partial charge in [-0.05, 0) is 17.7 Å². The predicted octanol–water partition coefficient (Wildman–Crippen LogP) is 1.79. The molecule has 0 aromatic heterocycles. The highest BCUT2D eigenvalue weighted by Gasteiger charge is 2.28. The maximum atomic E-state index is 14.4. The minimum absolute atomic E-state index is 0.0151. The van der Waals surface area contributed by atoms with Crippen molar-refractivity contribution in [3.05, 3.63) is 65.0 Å². The molecule has 8 heteroatoms. The Bertz CT molecular complexity index is 844. The Balaban J connectivity index is 1.70. The number of nitrogens with one attached hydrogen (secondary N) is 1. The molecular formula is C19H21FN4O3. The number of anilines is 1. The summed E-state index contributed by atoms with van der Waals surface area (Å²) in [5.41, 5.74) is 12.1. The van der Waals surface area contributed by atoms with Gasteiger partial charge in [0.1, 0.15) is 12.4 Å². The van der Waals surface area contributed by atoms with Crippen LogP contribution in [0.2, 0.25) is 0 Å². The average molecular weight is 372 g/mol. The van der Waals surface area contributed by atoms with Gasteiger partial charge in [0.05, 0.1) is 11.6 Å². The van der Waals surface area contributed by atoms with E-state index in [1.165, 1.54) is 11.0 Å². The molecule has 1 heterocycles. The molecule has 27 heavy (non-hydrogen) atoms. The number of amides is 2. The first kappa shape index (κ1) is 18.7. The maximum Gasteiger partial charge on any atom is 0.410 e. The van der Waals surface area contributed by atoms with E-state index in [-0.39, 0.29) is 30.0 Å². The number of nitrogen functional groups attached to an aromatic ring is 1. The fraction of sp³-hybridized carbons (Fsp3) is 0.263. The van der Waals surface area contributed by atoms with Gasteiger partial charge in [-0.1, -0.05) is 30.3 Å². The molecule has 0 bridgehead atoms. The zero-order chi connectivity index (χ0) is 19.4. The number of ether oxygens (including phenoxy) is 1. The largest absolute Gasteiger partial charge is 0.445 e. The molecule has 0 spiro atoms. The monoisotopic (exact) mass is 372 g/mol.